The van der Waals surface area contributed by atoms with E-state index in [1.54, 1.807) is 0 Å². The lowest BCUT2D eigenvalue weighted by Gasteiger charge is -2.14. The predicted molar refractivity (Wildman–Crippen MR) is 73.6 cm³/mol. The number of aliphatic carboxylic acids is 1. The Kier molecular flexibility index (Phi) is 4.21. The number of nitrogens with one attached hydrogen (secondary N) is 1. The van der Waals surface area contributed by atoms with Crippen LogP contribution >= 0.6 is 11.8 Å². The quantitative estimate of drug-likeness (QED) is 0.727. The number of carbonyl (C=O) groups is 1. The highest BCUT2D eigenvalue weighted by Gasteiger charge is 2.29. The molecule has 2 aliphatic rings. The second-order valence-electron chi connectivity index (χ2n) is 5.49. The Hall–Kier alpha value is -1.15. The Bertz CT molecular complexity index is 470. The van der Waals surface area contributed by atoms with E-state index in [1.165, 1.54) is 24.6 Å². The molecule has 1 unspecified atom stereocenters. The lowest BCUT2D eigenvalue weighted by atomic mass is 10.3. The van der Waals surface area contributed by atoms with Gasteiger partial charge in [-0.2, -0.15) is 0 Å². The molecule has 0 saturated heterocycles. The first-order valence-corrected chi connectivity index (χ1v) is 8.12. The molecule has 0 bridgehead atoms. The molecule has 2 aliphatic carbocycles. The SMILES string of the molecule is O=C(O)C(CSc1nnnn1C1CCCC1)NC1CC1. The summed E-state index contributed by atoms with van der Waals surface area (Å²) in [5.41, 5.74) is 0. The van der Waals surface area contributed by atoms with Crippen molar-refractivity contribution in [1.82, 2.24) is 25.5 Å². The van der Waals surface area contributed by atoms with E-state index in [-0.39, 0.29) is 0 Å². The van der Waals surface area contributed by atoms with E-state index in [9.17, 15) is 9.90 Å². The topological polar surface area (TPSA) is 92.9 Å². The van der Waals surface area contributed by atoms with Crippen molar-refractivity contribution < 1.29 is 9.90 Å². The highest BCUT2D eigenvalue weighted by Crippen LogP contribution is 2.31. The molecule has 1 atom stereocenters. The van der Waals surface area contributed by atoms with Crippen molar-refractivity contribution in [3.05, 3.63) is 0 Å². The molecule has 7 nitrogen and oxygen atoms in total. The summed E-state index contributed by atoms with van der Waals surface area (Å²) >= 11 is 1.43. The van der Waals surface area contributed by atoms with Gasteiger partial charge in [0, 0.05) is 11.8 Å². The van der Waals surface area contributed by atoms with Gasteiger partial charge >= 0.3 is 5.97 Å². The molecule has 1 aromatic heterocycles. The summed E-state index contributed by atoms with van der Waals surface area (Å²) in [5, 5.41) is 24.9. The molecule has 2 fully saturated rings. The molecule has 8 heteroatoms. The zero-order chi connectivity index (χ0) is 13.9. The molecule has 2 saturated carbocycles. The lowest BCUT2D eigenvalue weighted by Crippen LogP contribution is -2.40. The second kappa shape index (κ2) is 6.09. The van der Waals surface area contributed by atoms with Gasteiger partial charge in [-0.15, -0.1) is 5.10 Å². The van der Waals surface area contributed by atoms with E-state index < -0.39 is 12.0 Å². The average molecular weight is 297 g/mol. The van der Waals surface area contributed by atoms with E-state index in [4.69, 9.17) is 0 Å². The van der Waals surface area contributed by atoms with E-state index >= 15 is 0 Å². The second-order valence-corrected chi connectivity index (χ2v) is 6.47. The molecule has 20 heavy (non-hydrogen) atoms. The van der Waals surface area contributed by atoms with E-state index in [1.807, 2.05) is 4.68 Å². The van der Waals surface area contributed by atoms with Gasteiger partial charge < -0.3 is 10.4 Å². The zero-order valence-corrected chi connectivity index (χ0v) is 12.1. The van der Waals surface area contributed by atoms with Crippen molar-refractivity contribution in [3.63, 3.8) is 0 Å². The summed E-state index contributed by atoms with van der Waals surface area (Å²) in [6.45, 7) is 0. The number of nitrogens with zero attached hydrogens (tertiary/aromatic N) is 4. The van der Waals surface area contributed by atoms with Crippen LogP contribution in [0.1, 0.15) is 44.6 Å². The Morgan fingerprint density at radius 1 is 1.40 bits per heavy atom. The Morgan fingerprint density at radius 3 is 2.80 bits per heavy atom. The Labute approximate surface area is 121 Å². The lowest BCUT2D eigenvalue weighted by molar-refractivity contribution is -0.138. The van der Waals surface area contributed by atoms with Crippen molar-refractivity contribution in [2.24, 2.45) is 0 Å². The van der Waals surface area contributed by atoms with E-state index in [2.05, 4.69) is 20.8 Å². The Morgan fingerprint density at radius 2 is 2.15 bits per heavy atom. The van der Waals surface area contributed by atoms with Gasteiger partial charge in [-0.1, -0.05) is 24.6 Å². The minimum Gasteiger partial charge on any atom is -0.480 e. The third-order valence-corrected chi connectivity index (χ3v) is 4.85. The number of hydrogen-bond donors (Lipinski definition) is 2. The van der Waals surface area contributed by atoms with Gasteiger partial charge in [-0.05, 0) is 36.1 Å². The first-order chi connectivity index (χ1) is 9.74. The van der Waals surface area contributed by atoms with Crippen LogP contribution in [0.5, 0.6) is 0 Å². The fourth-order valence-corrected chi connectivity index (χ4v) is 3.51. The monoisotopic (exact) mass is 297 g/mol. The van der Waals surface area contributed by atoms with Crippen LogP contribution in [0, 0.1) is 0 Å². The van der Waals surface area contributed by atoms with Crippen LogP contribution in [-0.2, 0) is 4.79 Å². The van der Waals surface area contributed by atoms with Crippen molar-refractivity contribution in [2.75, 3.05) is 5.75 Å². The van der Waals surface area contributed by atoms with Gasteiger partial charge in [0.1, 0.15) is 6.04 Å². The van der Waals surface area contributed by atoms with Crippen LogP contribution in [0.2, 0.25) is 0 Å². The molecule has 2 N–H and O–H groups in total. The summed E-state index contributed by atoms with van der Waals surface area (Å²) in [6.07, 6.45) is 6.82. The van der Waals surface area contributed by atoms with Crippen LogP contribution in [0.15, 0.2) is 5.16 Å². The molecule has 0 aliphatic heterocycles. The molecular formula is C12H19N5O2S. The summed E-state index contributed by atoms with van der Waals surface area (Å²) in [7, 11) is 0. The molecule has 0 amide bonds. The first kappa shape index (κ1) is 13.8. The maximum absolute atomic E-state index is 11.2. The number of aromatic nitrogens is 4. The van der Waals surface area contributed by atoms with Gasteiger partial charge in [0.05, 0.1) is 6.04 Å². The van der Waals surface area contributed by atoms with Crippen molar-refractivity contribution in [2.45, 2.75) is 61.8 Å². The summed E-state index contributed by atoms with van der Waals surface area (Å²) in [6, 6.07) is 0.232. The molecule has 0 spiro atoms. The minimum absolute atomic E-state index is 0.377. The fourth-order valence-electron chi connectivity index (χ4n) is 2.54. The van der Waals surface area contributed by atoms with Crippen molar-refractivity contribution in [1.29, 1.82) is 0 Å². The average Bonchev–Trinajstić information content (AvgIpc) is 2.93. The number of carboxylic acid groups (broad SMARTS) is 1. The van der Waals surface area contributed by atoms with E-state index in [0.717, 1.165) is 30.8 Å². The van der Waals surface area contributed by atoms with Gasteiger partial charge in [0.15, 0.2) is 0 Å². The normalized spacial score (nSPS) is 21.2. The van der Waals surface area contributed by atoms with Crippen LogP contribution < -0.4 is 5.32 Å². The summed E-state index contributed by atoms with van der Waals surface area (Å²) in [4.78, 5) is 11.2. The maximum atomic E-state index is 11.2. The van der Waals surface area contributed by atoms with E-state index in [0.29, 0.717) is 17.8 Å². The molecule has 3 rings (SSSR count). The summed E-state index contributed by atoms with van der Waals surface area (Å²) in [5.74, 6) is -0.344. The fraction of sp³-hybridized carbons (Fsp3) is 0.833. The summed E-state index contributed by atoms with van der Waals surface area (Å²) < 4.78 is 1.87. The molecule has 1 heterocycles. The standard InChI is InChI=1S/C12H19N5O2S/c18-11(19)10(13-8-5-6-8)7-20-12-14-15-16-17(12)9-3-1-2-4-9/h8-10,13H,1-7H2,(H,18,19). The van der Waals surface area contributed by atoms with Gasteiger partial charge in [0.2, 0.25) is 5.16 Å². The van der Waals surface area contributed by atoms with Gasteiger partial charge in [-0.3, -0.25) is 4.79 Å². The highest BCUT2D eigenvalue weighted by atomic mass is 32.2. The van der Waals surface area contributed by atoms with Crippen LogP contribution in [-0.4, -0.2) is 49.1 Å². The molecule has 1 aromatic rings. The number of thioether (sulfide) groups is 1. The molecular weight excluding hydrogens is 278 g/mol. The molecule has 0 radical (unpaired) electrons. The smallest absolute Gasteiger partial charge is 0.321 e. The van der Waals surface area contributed by atoms with Crippen LogP contribution in [0.3, 0.4) is 0 Å². The number of tetrazole rings is 1. The van der Waals surface area contributed by atoms with Gasteiger partial charge in [-0.25, -0.2) is 4.68 Å². The third kappa shape index (κ3) is 3.29. The van der Waals surface area contributed by atoms with Crippen molar-refractivity contribution >= 4 is 17.7 Å². The highest BCUT2D eigenvalue weighted by molar-refractivity contribution is 7.99. The van der Waals surface area contributed by atoms with Crippen LogP contribution in [0.4, 0.5) is 0 Å². The number of carboxylic acids is 1. The predicted octanol–water partition coefficient (Wildman–Crippen LogP) is 1.09. The maximum Gasteiger partial charge on any atom is 0.321 e. The minimum atomic E-state index is -0.802. The molecule has 0 aromatic carbocycles. The van der Waals surface area contributed by atoms with Crippen LogP contribution in [0.25, 0.3) is 0 Å². The Balaban J connectivity index is 1.59. The number of rotatable bonds is 7. The van der Waals surface area contributed by atoms with Gasteiger partial charge in [0.25, 0.3) is 0 Å². The largest absolute Gasteiger partial charge is 0.480 e. The first-order valence-electron chi connectivity index (χ1n) is 7.13. The molecule has 110 valence electrons. The number of hydrogen-bond acceptors (Lipinski definition) is 6. The van der Waals surface area contributed by atoms with Crippen molar-refractivity contribution in [3.8, 4) is 0 Å². The zero-order valence-electron chi connectivity index (χ0n) is 11.2. The third-order valence-electron chi connectivity index (χ3n) is 3.82.